The lowest BCUT2D eigenvalue weighted by Gasteiger charge is -2.33. The molecule has 0 saturated carbocycles. The molecule has 1 saturated heterocycles. The van der Waals surface area contributed by atoms with Gasteiger partial charge in [0.2, 0.25) is 5.91 Å². The van der Waals surface area contributed by atoms with E-state index in [0.29, 0.717) is 19.5 Å². The maximum Gasteiger partial charge on any atom is 0.325 e. The fourth-order valence-corrected chi connectivity index (χ4v) is 2.84. The summed E-state index contributed by atoms with van der Waals surface area (Å²) in [5.41, 5.74) is 6.14. The number of nitrogens with two attached hydrogens (primary N) is 1. The van der Waals surface area contributed by atoms with Gasteiger partial charge in [-0.2, -0.15) is 0 Å². The molecule has 8 heteroatoms. The van der Waals surface area contributed by atoms with E-state index in [-0.39, 0.29) is 6.54 Å². The number of nitrogens with one attached hydrogen (secondary N) is 1. The second-order valence-corrected chi connectivity index (χ2v) is 5.65. The van der Waals surface area contributed by atoms with Crippen molar-refractivity contribution < 1.29 is 19.2 Å². The first-order valence-corrected chi connectivity index (χ1v) is 7.85. The summed E-state index contributed by atoms with van der Waals surface area (Å²) in [6, 6.07) is -1.69. The Morgan fingerprint density at radius 1 is 1.26 bits per heavy atom. The third kappa shape index (κ3) is 3.69. The molecule has 8 nitrogen and oxygen atoms in total. The Kier molecular flexibility index (Phi) is 5.36. The number of imide groups is 1. The average molecular weight is 322 g/mol. The molecule has 1 aliphatic carbocycles. The molecule has 126 valence electrons. The van der Waals surface area contributed by atoms with Gasteiger partial charge >= 0.3 is 17.8 Å². The minimum Gasteiger partial charge on any atom is -0.368 e. The van der Waals surface area contributed by atoms with Crippen molar-refractivity contribution in [3.05, 3.63) is 11.6 Å². The molecule has 0 spiro atoms. The summed E-state index contributed by atoms with van der Waals surface area (Å²) in [7, 11) is 0. The van der Waals surface area contributed by atoms with Crippen molar-refractivity contribution in [2.45, 2.75) is 38.6 Å². The molecule has 0 aromatic rings. The molecule has 5 amide bonds. The van der Waals surface area contributed by atoms with Crippen molar-refractivity contribution in [3.63, 3.8) is 0 Å². The van der Waals surface area contributed by atoms with Crippen molar-refractivity contribution in [1.29, 1.82) is 0 Å². The van der Waals surface area contributed by atoms with Crippen LogP contribution in [0.2, 0.25) is 0 Å². The van der Waals surface area contributed by atoms with Gasteiger partial charge in [-0.05, 0) is 38.2 Å². The van der Waals surface area contributed by atoms with Crippen LogP contribution in [0.1, 0.15) is 32.6 Å². The topological polar surface area (TPSA) is 113 Å². The predicted octanol–water partition coefficient (Wildman–Crippen LogP) is -0.259. The molecule has 1 unspecified atom stereocenters. The molecule has 0 bridgehead atoms. The van der Waals surface area contributed by atoms with Crippen LogP contribution in [0.5, 0.6) is 0 Å². The first kappa shape index (κ1) is 17.0. The largest absolute Gasteiger partial charge is 0.368 e. The van der Waals surface area contributed by atoms with Crippen molar-refractivity contribution in [1.82, 2.24) is 15.1 Å². The van der Waals surface area contributed by atoms with E-state index in [9.17, 15) is 19.2 Å². The molecule has 2 aliphatic rings. The Balaban J connectivity index is 2.07. The highest BCUT2D eigenvalue weighted by atomic mass is 16.2. The van der Waals surface area contributed by atoms with Gasteiger partial charge in [0.05, 0.1) is 0 Å². The predicted molar refractivity (Wildman–Crippen MR) is 82.0 cm³/mol. The first-order valence-electron chi connectivity index (χ1n) is 7.85. The van der Waals surface area contributed by atoms with Crippen molar-refractivity contribution in [2.24, 2.45) is 5.73 Å². The van der Waals surface area contributed by atoms with Crippen LogP contribution in [0.15, 0.2) is 11.6 Å². The number of hydrogen-bond acceptors (Lipinski definition) is 4. The maximum atomic E-state index is 12.3. The molecule has 1 heterocycles. The zero-order valence-electron chi connectivity index (χ0n) is 13.2. The summed E-state index contributed by atoms with van der Waals surface area (Å²) in [5.74, 6) is -2.25. The van der Waals surface area contributed by atoms with Crippen LogP contribution in [0.3, 0.4) is 0 Å². The molecule has 0 aromatic carbocycles. The normalized spacial score (nSPS) is 20.1. The van der Waals surface area contributed by atoms with Crippen molar-refractivity contribution >= 4 is 23.8 Å². The van der Waals surface area contributed by atoms with Crippen molar-refractivity contribution in [2.75, 3.05) is 19.6 Å². The van der Waals surface area contributed by atoms with Crippen molar-refractivity contribution in [3.8, 4) is 0 Å². The molecule has 1 fully saturated rings. The second-order valence-electron chi connectivity index (χ2n) is 5.65. The van der Waals surface area contributed by atoms with E-state index in [0.717, 1.165) is 29.7 Å². The number of allylic oxidation sites excluding steroid dienone is 1. The molecule has 0 aromatic heterocycles. The van der Waals surface area contributed by atoms with Gasteiger partial charge in [0.25, 0.3) is 0 Å². The summed E-state index contributed by atoms with van der Waals surface area (Å²) in [6.45, 7) is 2.57. The lowest BCUT2D eigenvalue weighted by molar-refractivity contribution is -0.153. The minimum absolute atomic E-state index is 0.106. The summed E-state index contributed by atoms with van der Waals surface area (Å²) < 4.78 is 0. The van der Waals surface area contributed by atoms with E-state index in [1.54, 1.807) is 6.92 Å². The van der Waals surface area contributed by atoms with Gasteiger partial charge in [-0.25, -0.2) is 4.79 Å². The van der Waals surface area contributed by atoms with Gasteiger partial charge in [0, 0.05) is 19.6 Å². The smallest absolute Gasteiger partial charge is 0.325 e. The quantitative estimate of drug-likeness (QED) is 0.548. The molecule has 23 heavy (non-hydrogen) atoms. The standard InChI is InChI=1S/C15H22N4O4/c1-2-18-8-9-19(14(22)13(18)21)15(23)17-11(12(16)20)10-6-4-3-5-7-10/h6,11H,2-5,7-9H2,1H3,(H2,16,20)(H,17,23). The SMILES string of the molecule is CCN1CCN(C(=O)NC(C(N)=O)C2=CCCCC2)C(=O)C1=O. The van der Waals surface area contributed by atoms with E-state index >= 15 is 0 Å². The summed E-state index contributed by atoms with van der Waals surface area (Å²) in [4.78, 5) is 50.0. The molecule has 1 atom stereocenters. The van der Waals surface area contributed by atoms with E-state index in [1.165, 1.54) is 4.90 Å². The fourth-order valence-electron chi connectivity index (χ4n) is 2.84. The summed E-state index contributed by atoms with van der Waals surface area (Å²) >= 11 is 0. The average Bonchev–Trinajstić information content (AvgIpc) is 2.55. The number of amides is 5. The summed E-state index contributed by atoms with van der Waals surface area (Å²) in [5, 5.41) is 2.49. The molecular formula is C15H22N4O4. The minimum atomic E-state index is -0.935. The zero-order valence-corrected chi connectivity index (χ0v) is 13.2. The Labute approximate surface area is 134 Å². The number of piperazine rings is 1. The highest BCUT2D eigenvalue weighted by Crippen LogP contribution is 2.20. The number of likely N-dealkylation sites (N-methyl/N-ethyl adjacent to an activating group) is 1. The number of carbonyl (C=O) groups is 4. The van der Waals surface area contributed by atoms with Crippen LogP contribution in [0.25, 0.3) is 0 Å². The monoisotopic (exact) mass is 322 g/mol. The Morgan fingerprint density at radius 2 is 2.00 bits per heavy atom. The van der Waals surface area contributed by atoms with E-state index in [1.807, 2.05) is 6.08 Å². The summed E-state index contributed by atoms with van der Waals surface area (Å²) in [6.07, 6.45) is 5.39. The third-order valence-corrected chi connectivity index (χ3v) is 4.18. The van der Waals surface area contributed by atoms with Crippen LogP contribution >= 0.6 is 0 Å². The van der Waals surface area contributed by atoms with Gasteiger partial charge < -0.3 is 16.0 Å². The van der Waals surface area contributed by atoms with E-state index in [4.69, 9.17) is 5.73 Å². The molecule has 1 aliphatic heterocycles. The highest BCUT2D eigenvalue weighted by molar-refractivity contribution is 6.38. The molecule has 0 radical (unpaired) electrons. The van der Waals surface area contributed by atoms with Gasteiger partial charge in [-0.1, -0.05) is 6.08 Å². The van der Waals surface area contributed by atoms with Crippen LogP contribution in [-0.4, -0.2) is 59.2 Å². The number of carbonyl (C=O) groups excluding carboxylic acids is 4. The number of nitrogens with zero attached hydrogens (tertiary/aromatic N) is 2. The third-order valence-electron chi connectivity index (χ3n) is 4.18. The fraction of sp³-hybridized carbons (Fsp3) is 0.600. The first-order chi connectivity index (χ1) is 11.0. The van der Waals surface area contributed by atoms with E-state index in [2.05, 4.69) is 5.32 Å². The number of rotatable bonds is 4. The number of primary amides is 1. The lowest BCUT2D eigenvalue weighted by atomic mass is 9.93. The second kappa shape index (κ2) is 7.26. The lowest BCUT2D eigenvalue weighted by Crippen LogP contribution is -2.60. The van der Waals surface area contributed by atoms with Crippen LogP contribution in [0, 0.1) is 0 Å². The van der Waals surface area contributed by atoms with Gasteiger partial charge in [0.1, 0.15) is 6.04 Å². The van der Waals surface area contributed by atoms with Gasteiger partial charge in [-0.15, -0.1) is 0 Å². The highest BCUT2D eigenvalue weighted by Gasteiger charge is 2.37. The Hall–Kier alpha value is -2.38. The maximum absolute atomic E-state index is 12.3. The van der Waals surface area contributed by atoms with Crippen LogP contribution in [-0.2, 0) is 14.4 Å². The molecular weight excluding hydrogens is 300 g/mol. The van der Waals surface area contributed by atoms with E-state index < -0.39 is 29.8 Å². The molecule has 2 rings (SSSR count). The van der Waals surface area contributed by atoms with Gasteiger partial charge in [-0.3, -0.25) is 19.3 Å². The van der Waals surface area contributed by atoms with Gasteiger partial charge in [0.15, 0.2) is 0 Å². The Bertz CT molecular complexity index is 558. The number of urea groups is 1. The zero-order chi connectivity index (χ0) is 17.0. The molecule has 3 N–H and O–H groups in total. The van der Waals surface area contributed by atoms with Crippen LogP contribution < -0.4 is 11.1 Å². The van der Waals surface area contributed by atoms with Crippen LogP contribution in [0.4, 0.5) is 4.79 Å². The Morgan fingerprint density at radius 3 is 2.57 bits per heavy atom. The number of hydrogen-bond donors (Lipinski definition) is 2.